The maximum absolute atomic E-state index is 12.5. The molecule has 0 fully saturated rings. The van der Waals surface area contributed by atoms with Crippen LogP contribution in [0.3, 0.4) is 0 Å². The third-order valence-electron chi connectivity index (χ3n) is 7.45. The van der Waals surface area contributed by atoms with Crippen molar-refractivity contribution in [3.05, 3.63) is 36.0 Å². The zero-order valence-electron chi connectivity index (χ0n) is 22.5. The van der Waals surface area contributed by atoms with Crippen molar-refractivity contribution in [2.75, 3.05) is 0 Å². The zero-order valence-corrected chi connectivity index (χ0v) is 22.5. The monoisotopic (exact) mass is 478 g/mol. The van der Waals surface area contributed by atoms with E-state index in [4.69, 9.17) is 4.74 Å². The van der Waals surface area contributed by atoms with Gasteiger partial charge in [0.2, 0.25) is 0 Å². The highest BCUT2D eigenvalue weighted by molar-refractivity contribution is 5.70. The van der Waals surface area contributed by atoms with Crippen LogP contribution in [0, 0.1) is 23.7 Å². The third-order valence-corrected chi connectivity index (χ3v) is 7.45. The molecule has 8 atom stereocenters. The highest BCUT2D eigenvalue weighted by Crippen LogP contribution is 2.28. The van der Waals surface area contributed by atoms with Gasteiger partial charge in [-0.05, 0) is 63.4 Å². The van der Waals surface area contributed by atoms with Gasteiger partial charge >= 0.3 is 5.97 Å². The van der Waals surface area contributed by atoms with E-state index in [0.717, 1.165) is 31.3 Å². The summed E-state index contributed by atoms with van der Waals surface area (Å²) in [6, 6.07) is 0. The lowest BCUT2D eigenvalue weighted by Crippen LogP contribution is -2.34. The molecule has 5 nitrogen and oxygen atoms in total. The quantitative estimate of drug-likeness (QED) is 0.223. The van der Waals surface area contributed by atoms with Crippen LogP contribution in [0.2, 0.25) is 0 Å². The minimum atomic E-state index is -0.939. The second-order valence-electron chi connectivity index (χ2n) is 10.9. The largest absolute Gasteiger partial charge is 0.457 e. The number of carbonyl (C=O) groups is 1. The van der Waals surface area contributed by atoms with Gasteiger partial charge in [-0.3, -0.25) is 4.79 Å². The Balaban J connectivity index is 2.84. The average molecular weight is 479 g/mol. The number of hydrogen-bond acceptors (Lipinski definition) is 5. The normalized spacial score (nSPS) is 33.5. The number of cyclic esters (lactones) is 1. The lowest BCUT2D eigenvalue weighted by Gasteiger charge is -2.31. The summed E-state index contributed by atoms with van der Waals surface area (Å²) in [6.45, 7) is 14.0. The predicted molar refractivity (Wildman–Crippen MR) is 139 cm³/mol. The fourth-order valence-corrected chi connectivity index (χ4v) is 4.38. The van der Waals surface area contributed by atoms with Gasteiger partial charge in [-0.1, -0.05) is 71.4 Å². The van der Waals surface area contributed by atoms with Crippen molar-refractivity contribution in [2.24, 2.45) is 23.7 Å². The number of aliphatic hydroxyl groups is 3. The molecular weight excluding hydrogens is 428 g/mol. The Morgan fingerprint density at radius 2 is 1.94 bits per heavy atom. The molecule has 1 heterocycles. The number of esters is 1. The standard InChI is InChI=1S/C29H50O5/c1-8-26(31)21(3)13-9-11-20(2)12-10-14-22(4)28-23(5)15-16-24(6)29(7,33)18-17-25(30)19-27(32)34-28/h10,12,14-16,20-21,23-26,28,30-31,33H,8-9,11,13,17-19H2,1-7H3/b12-10+,16-15+,22-14+/t20-,21?,23-,24?,25+,26-,28?,29+/m0/s1. The van der Waals surface area contributed by atoms with Gasteiger partial charge in [-0.2, -0.15) is 0 Å². The van der Waals surface area contributed by atoms with Crippen molar-refractivity contribution in [2.45, 2.75) is 117 Å². The van der Waals surface area contributed by atoms with Gasteiger partial charge in [0, 0.05) is 11.8 Å². The third kappa shape index (κ3) is 10.9. The van der Waals surface area contributed by atoms with Crippen LogP contribution in [-0.2, 0) is 9.53 Å². The van der Waals surface area contributed by atoms with E-state index in [1.807, 2.05) is 52.0 Å². The van der Waals surface area contributed by atoms with Crippen molar-refractivity contribution in [1.82, 2.24) is 0 Å². The van der Waals surface area contributed by atoms with Crippen LogP contribution >= 0.6 is 0 Å². The number of ether oxygens (including phenoxy) is 1. The Morgan fingerprint density at radius 1 is 1.26 bits per heavy atom. The van der Waals surface area contributed by atoms with Gasteiger partial charge in [0.25, 0.3) is 0 Å². The Kier molecular flexibility index (Phi) is 13.4. The lowest BCUT2D eigenvalue weighted by molar-refractivity contribution is -0.151. The van der Waals surface area contributed by atoms with Crippen LogP contribution in [-0.4, -0.2) is 45.2 Å². The summed E-state index contributed by atoms with van der Waals surface area (Å²) in [4.78, 5) is 12.5. The van der Waals surface area contributed by atoms with Crippen molar-refractivity contribution in [1.29, 1.82) is 0 Å². The first-order valence-corrected chi connectivity index (χ1v) is 13.2. The summed E-state index contributed by atoms with van der Waals surface area (Å²) in [5.74, 6) is 0.193. The molecule has 0 aliphatic carbocycles. The van der Waals surface area contributed by atoms with Gasteiger partial charge < -0.3 is 20.1 Å². The van der Waals surface area contributed by atoms with Crippen molar-refractivity contribution in [3.8, 4) is 0 Å². The van der Waals surface area contributed by atoms with E-state index >= 15 is 0 Å². The van der Waals surface area contributed by atoms with Gasteiger partial charge in [0.05, 0.1) is 24.2 Å². The molecule has 3 unspecified atom stereocenters. The second kappa shape index (κ2) is 14.9. The molecule has 0 saturated heterocycles. The van der Waals surface area contributed by atoms with E-state index in [-0.39, 0.29) is 24.4 Å². The van der Waals surface area contributed by atoms with E-state index in [1.165, 1.54) is 0 Å². The second-order valence-corrected chi connectivity index (χ2v) is 10.9. The Morgan fingerprint density at radius 3 is 2.59 bits per heavy atom. The average Bonchev–Trinajstić information content (AvgIpc) is 2.77. The van der Waals surface area contributed by atoms with E-state index < -0.39 is 23.8 Å². The molecule has 1 aliphatic heterocycles. The van der Waals surface area contributed by atoms with Gasteiger partial charge in [-0.15, -0.1) is 0 Å². The molecule has 0 spiro atoms. The molecule has 1 rings (SSSR count). The van der Waals surface area contributed by atoms with Crippen LogP contribution in [0.1, 0.15) is 93.4 Å². The van der Waals surface area contributed by atoms with E-state index in [9.17, 15) is 20.1 Å². The highest BCUT2D eigenvalue weighted by atomic mass is 16.5. The first-order chi connectivity index (χ1) is 15.9. The highest BCUT2D eigenvalue weighted by Gasteiger charge is 2.30. The van der Waals surface area contributed by atoms with Crippen molar-refractivity contribution in [3.63, 3.8) is 0 Å². The molecule has 0 aromatic rings. The fourth-order valence-electron chi connectivity index (χ4n) is 4.38. The molecule has 1 aliphatic rings. The minimum absolute atomic E-state index is 0.0627. The van der Waals surface area contributed by atoms with Crippen molar-refractivity contribution >= 4 is 5.97 Å². The molecule has 5 heteroatoms. The van der Waals surface area contributed by atoms with Crippen LogP contribution in [0.25, 0.3) is 0 Å². The lowest BCUT2D eigenvalue weighted by atomic mass is 9.84. The molecule has 196 valence electrons. The number of allylic oxidation sites excluding steroid dienone is 3. The summed E-state index contributed by atoms with van der Waals surface area (Å²) in [5.41, 5.74) is 0.00557. The van der Waals surface area contributed by atoms with Crippen LogP contribution in [0.5, 0.6) is 0 Å². The first-order valence-electron chi connectivity index (χ1n) is 13.2. The molecule has 34 heavy (non-hydrogen) atoms. The van der Waals surface area contributed by atoms with E-state index in [0.29, 0.717) is 24.7 Å². The number of aliphatic hydroxyl groups excluding tert-OH is 2. The predicted octanol–water partition coefficient (Wildman–Crippen LogP) is 5.74. The van der Waals surface area contributed by atoms with Crippen LogP contribution in [0.4, 0.5) is 0 Å². The topological polar surface area (TPSA) is 87.0 Å². The van der Waals surface area contributed by atoms with Crippen molar-refractivity contribution < 1.29 is 24.9 Å². The van der Waals surface area contributed by atoms with E-state index in [1.54, 1.807) is 6.92 Å². The Labute approximate surface area is 208 Å². The summed E-state index contributed by atoms with van der Waals surface area (Å²) in [7, 11) is 0. The number of hydrogen-bond donors (Lipinski definition) is 3. The minimum Gasteiger partial charge on any atom is -0.457 e. The maximum atomic E-state index is 12.5. The summed E-state index contributed by atoms with van der Waals surface area (Å²) >= 11 is 0. The van der Waals surface area contributed by atoms with Crippen LogP contribution < -0.4 is 0 Å². The molecule has 0 radical (unpaired) electrons. The summed E-state index contributed by atoms with van der Waals surface area (Å²) in [5, 5.41) is 30.9. The first kappa shape index (κ1) is 30.6. The zero-order chi connectivity index (χ0) is 25.9. The number of carbonyl (C=O) groups excluding carboxylic acids is 1. The molecule has 0 amide bonds. The van der Waals surface area contributed by atoms with E-state index in [2.05, 4.69) is 19.9 Å². The number of rotatable bonds is 9. The van der Waals surface area contributed by atoms with Gasteiger partial charge in [0.1, 0.15) is 6.10 Å². The molecule has 0 bridgehead atoms. The molecule has 3 N–H and O–H groups in total. The maximum Gasteiger partial charge on any atom is 0.309 e. The fraction of sp³-hybridized carbons (Fsp3) is 0.759. The molecule has 0 aromatic heterocycles. The molecular formula is C29H50O5. The summed E-state index contributed by atoms with van der Waals surface area (Å²) in [6.07, 6.45) is 13.4. The van der Waals surface area contributed by atoms with Crippen LogP contribution in [0.15, 0.2) is 36.0 Å². The Hall–Kier alpha value is -1.43. The van der Waals surface area contributed by atoms with Gasteiger partial charge in [0.15, 0.2) is 0 Å². The molecule has 0 saturated carbocycles. The van der Waals surface area contributed by atoms with Gasteiger partial charge in [-0.25, -0.2) is 0 Å². The molecule has 0 aromatic carbocycles. The Bertz CT molecular complexity index is 693. The smallest absolute Gasteiger partial charge is 0.309 e. The summed E-state index contributed by atoms with van der Waals surface area (Å²) < 4.78 is 5.80. The SMILES string of the molecule is CC[C@H](O)C(C)CCC[C@H](C)/C=C/C=C(\C)C1OC(=O)C[C@H](O)CC[C@@](C)(O)C(C)/C=C/[C@@H]1C.